The fourth-order valence-electron chi connectivity index (χ4n) is 1.79. The summed E-state index contributed by atoms with van der Waals surface area (Å²) in [5, 5.41) is 2.86. The molecule has 0 unspecified atom stereocenters. The van der Waals surface area contributed by atoms with Gasteiger partial charge in [0.05, 0.1) is 7.11 Å². The summed E-state index contributed by atoms with van der Waals surface area (Å²) in [6.07, 6.45) is 2.48. The van der Waals surface area contributed by atoms with E-state index >= 15 is 0 Å². The lowest BCUT2D eigenvalue weighted by atomic mass is 10.1. The second kappa shape index (κ2) is 5.91. The zero-order chi connectivity index (χ0) is 12.8. The zero-order valence-electron chi connectivity index (χ0n) is 10.3. The number of carbonyl (C=O) groups excluding carboxylic acids is 1. The molecule has 0 radical (unpaired) electrons. The topological polar surface area (TPSA) is 54.1 Å². The maximum atomic E-state index is 11.7. The van der Waals surface area contributed by atoms with Crippen molar-refractivity contribution in [2.45, 2.75) is 6.42 Å². The summed E-state index contributed by atoms with van der Waals surface area (Å²) in [5.41, 5.74) is 1.67. The van der Waals surface area contributed by atoms with E-state index in [0.29, 0.717) is 12.2 Å². The Bertz CT molecular complexity index is 506. The Morgan fingerprint density at radius 2 is 2.11 bits per heavy atom. The molecule has 0 saturated heterocycles. The van der Waals surface area contributed by atoms with Gasteiger partial charge in [0, 0.05) is 12.7 Å². The van der Waals surface area contributed by atoms with Gasteiger partial charge in [-0.2, -0.15) is 0 Å². The molecular formula is C14H16N2O2. The average Bonchev–Trinajstić information content (AvgIpc) is 2.93. The van der Waals surface area contributed by atoms with E-state index in [4.69, 9.17) is 4.74 Å². The van der Waals surface area contributed by atoms with Crippen LogP contribution in [0.4, 0.5) is 0 Å². The van der Waals surface area contributed by atoms with Gasteiger partial charge >= 0.3 is 0 Å². The van der Waals surface area contributed by atoms with Crippen LogP contribution in [0.1, 0.15) is 16.1 Å². The van der Waals surface area contributed by atoms with Gasteiger partial charge in [0.25, 0.3) is 5.91 Å². The summed E-state index contributed by atoms with van der Waals surface area (Å²) in [5.74, 6) is 0.765. The second-order valence-electron chi connectivity index (χ2n) is 3.90. The number of aromatic nitrogens is 1. The van der Waals surface area contributed by atoms with Crippen molar-refractivity contribution in [2.75, 3.05) is 13.7 Å². The van der Waals surface area contributed by atoms with Gasteiger partial charge in [-0.1, -0.05) is 18.2 Å². The van der Waals surface area contributed by atoms with Gasteiger partial charge in [-0.05, 0) is 30.2 Å². The van der Waals surface area contributed by atoms with Gasteiger partial charge in [-0.3, -0.25) is 4.79 Å². The SMILES string of the molecule is COc1ccccc1CCNC(=O)c1ccc[nH]1. The number of para-hydroxylation sites is 1. The van der Waals surface area contributed by atoms with E-state index in [9.17, 15) is 4.79 Å². The Kier molecular flexibility index (Phi) is 4.02. The lowest BCUT2D eigenvalue weighted by Crippen LogP contribution is -2.26. The van der Waals surface area contributed by atoms with Crippen LogP contribution in [0, 0.1) is 0 Å². The minimum absolute atomic E-state index is 0.0881. The second-order valence-corrected chi connectivity index (χ2v) is 3.90. The van der Waals surface area contributed by atoms with E-state index in [0.717, 1.165) is 17.7 Å². The fourth-order valence-corrected chi connectivity index (χ4v) is 1.79. The van der Waals surface area contributed by atoms with Crippen LogP contribution < -0.4 is 10.1 Å². The van der Waals surface area contributed by atoms with Gasteiger partial charge in [-0.15, -0.1) is 0 Å². The molecule has 1 aromatic heterocycles. The number of amides is 1. The number of carbonyl (C=O) groups is 1. The largest absolute Gasteiger partial charge is 0.496 e. The van der Waals surface area contributed by atoms with Crippen LogP contribution in [0.3, 0.4) is 0 Å². The van der Waals surface area contributed by atoms with Gasteiger partial charge in [0.2, 0.25) is 0 Å². The Hall–Kier alpha value is -2.23. The molecule has 1 amide bonds. The molecule has 0 aliphatic rings. The third-order valence-corrected chi connectivity index (χ3v) is 2.71. The molecule has 0 atom stereocenters. The van der Waals surface area contributed by atoms with Crippen molar-refractivity contribution in [1.29, 1.82) is 0 Å². The number of benzene rings is 1. The summed E-state index contributed by atoms with van der Waals surface area (Å²) in [7, 11) is 1.65. The molecule has 0 aliphatic heterocycles. The molecular weight excluding hydrogens is 228 g/mol. The van der Waals surface area contributed by atoms with E-state index in [1.165, 1.54) is 0 Å². The summed E-state index contributed by atoms with van der Waals surface area (Å²) >= 11 is 0. The minimum Gasteiger partial charge on any atom is -0.496 e. The number of rotatable bonds is 5. The van der Waals surface area contributed by atoms with Crippen LogP contribution >= 0.6 is 0 Å². The monoisotopic (exact) mass is 244 g/mol. The zero-order valence-corrected chi connectivity index (χ0v) is 10.3. The molecule has 94 valence electrons. The molecule has 4 heteroatoms. The van der Waals surface area contributed by atoms with Crippen LogP contribution in [0.5, 0.6) is 5.75 Å². The summed E-state index contributed by atoms with van der Waals surface area (Å²) in [6.45, 7) is 0.582. The van der Waals surface area contributed by atoms with Crippen molar-refractivity contribution >= 4 is 5.91 Å². The molecule has 1 aromatic carbocycles. The lowest BCUT2D eigenvalue weighted by Gasteiger charge is -2.08. The van der Waals surface area contributed by atoms with Crippen molar-refractivity contribution in [2.24, 2.45) is 0 Å². The molecule has 4 nitrogen and oxygen atoms in total. The summed E-state index contributed by atoms with van der Waals surface area (Å²) in [6, 6.07) is 11.4. The molecule has 1 heterocycles. The maximum Gasteiger partial charge on any atom is 0.267 e. The Balaban J connectivity index is 1.87. The normalized spacial score (nSPS) is 10.1. The number of methoxy groups -OCH3 is 1. The van der Waals surface area contributed by atoms with Gasteiger partial charge in [0.1, 0.15) is 11.4 Å². The van der Waals surface area contributed by atoms with E-state index in [-0.39, 0.29) is 5.91 Å². The number of aromatic amines is 1. The van der Waals surface area contributed by atoms with Crippen LogP contribution in [0.25, 0.3) is 0 Å². The highest BCUT2D eigenvalue weighted by molar-refractivity contribution is 5.92. The first kappa shape index (κ1) is 12.2. The molecule has 0 fully saturated rings. The molecule has 18 heavy (non-hydrogen) atoms. The molecule has 0 bridgehead atoms. The Labute approximate surface area is 106 Å². The van der Waals surface area contributed by atoms with Crippen molar-refractivity contribution in [3.8, 4) is 5.75 Å². The number of hydrogen-bond donors (Lipinski definition) is 2. The number of nitrogens with one attached hydrogen (secondary N) is 2. The predicted molar refractivity (Wildman–Crippen MR) is 69.8 cm³/mol. The van der Waals surface area contributed by atoms with Crippen LogP contribution in [0.15, 0.2) is 42.6 Å². The fraction of sp³-hybridized carbons (Fsp3) is 0.214. The number of H-pyrrole nitrogens is 1. The first-order chi connectivity index (χ1) is 8.81. The quantitative estimate of drug-likeness (QED) is 0.845. The molecule has 2 rings (SSSR count). The Morgan fingerprint density at radius 1 is 1.28 bits per heavy atom. The Morgan fingerprint density at radius 3 is 2.83 bits per heavy atom. The van der Waals surface area contributed by atoms with Gasteiger partial charge in [-0.25, -0.2) is 0 Å². The first-order valence-electron chi connectivity index (χ1n) is 5.84. The maximum absolute atomic E-state index is 11.7. The van der Waals surface area contributed by atoms with Crippen molar-refractivity contribution in [3.05, 3.63) is 53.9 Å². The van der Waals surface area contributed by atoms with Crippen molar-refractivity contribution < 1.29 is 9.53 Å². The van der Waals surface area contributed by atoms with Crippen molar-refractivity contribution in [3.63, 3.8) is 0 Å². The first-order valence-corrected chi connectivity index (χ1v) is 5.84. The standard InChI is InChI=1S/C14H16N2O2/c1-18-13-7-3-2-5-11(13)8-10-16-14(17)12-6-4-9-15-12/h2-7,9,15H,8,10H2,1H3,(H,16,17). The van der Waals surface area contributed by atoms with Crippen LogP contribution in [-0.2, 0) is 6.42 Å². The third kappa shape index (κ3) is 2.91. The molecule has 2 aromatic rings. The smallest absolute Gasteiger partial charge is 0.267 e. The lowest BCUT2D eigenvalue weighted by molar-refractivity contribution is 0.0949. The molecule has 0 saturated carbocycles. The van der Waals surface area contributed by atoms with Crippen molar-refractivity contribution in [1.82, 2.24) is 10.3 Å². The van der Waals surface area contributed by atoms with Gasteiger partial charge < -0.3 is 15.0 Å². The van der Waals surface area contributed by atoms with Crippen LogP contribution in [-0.4, -0.2) is 24.5 Å². The highest BCUT2D eigenvalue weighted by Crippen LogP contribution is 2.17. The third-order valence-electron chi connectivity index (χ3n) is 2.71. The highest BCUT2D eigenvalue weighted by atomic mass is 16.5. The summed E-state index contributed by atoms with van der Waals surface area (Å²) < 4.78 is 5.26. The van der Waals surface area contributed by atoms with E-state index in [1.54, 1.807) is 25.4 Å². The highest BCUT2D eigenvalue weighted by Gasteiger charge is 2.06. The average molecular weight is 244 g/mol. The number of ether oxygens (including phenoxy) is 1. The van der Waals surface area contributed by atoms with Gasteiger partial charge in [0.15, 0.2) is 0 Å². The van der Waals surface area contributed by atoms with Crippen LogP contribution in [0.2, 0.25) is 0 Å². The summed E-state index contributed by atoms with van der Waals surface area (Å²) in [4.78, 5) is 14.5. The molecule has 0 aliphatic carbocycles. The minimum atomic E-state index is -0.0881. The molecule has 0 spiro atoms. The van der Waals surface area contributed by atoms with E-state index < -0.39 is 0 Å². The van der Waals surface area contributed by atoms with E-state index in [2.05, 4.69) is 10.3 Å². The number of hydrogen-bond acceptors (Lipinski definition) is 2. The predicted octanol–water partition coefficient (Wildman–Crippen LogP) is 2.00. The van der Waals surface area contributed by atoms with E-state index in [1.807, 2.05) is 24.3 Å². The molecule has 2 N–H and O–H groups in total.